The van der Waals surface area contributed by atoms with Crippen molar-refractivity contribution in [2.75, 3.05) is 13.2 Å². The molecule has 2 unspecified atom stereocenters. The van der Waals surface area contributed by atoms with Crippen molar-refractivity contribution in [1.29, 1.82) is 0 Å². The number of aliphatic hydroxyl groups is 1. The Morgan fingerprint density at radius 2 is 2.38 bits per heavy atom. The van der Waals surface area contributed by atoms with Crippen LogP contribution in [0.1, 0.15) is 24.1 Å². The van der Waals surface area contributed by atoms with Gasteiger partial charge in [0.2, 0.25) is 0 Å². The van der Waals surface area contributed by atoms with Gasteiger partial charge in [-0.25, -0.2) is 0 Å². The van der Waals surface area contributed by atoms with Crippen molar-refractivity contribution in [1.82, 2.24) is 0 Å². The van der Waals surface area contributed by atoms with Crippen LogP contribution >= 0.6 is 11.3 Å². The molecule has 1 aromatic heterocycles. The number of ether oxygens (including phenoxy) is 1. The van der Waals surface area contributed by atoms with E-state index in [2.05, 4.69) is 17.5 Å². The van der Waals surface area contributed by atoms with Gasteiger partial charge in [-0.05, 0) is 43.0 Å². The Hall–Kier alpha value is -0.380. The Morgan fingerprint density at radius 3 is 3.00 bits per heavy atom. The highest BCUT2D eigenvalue weighted by atomic mass is 32.1. The lowest BCUT2D eigenvalue weighted by atomic mass is 9.76. The van der Waals surface area contributed by atoms with Crippen LogP contribution in [-0.2, 0) is 11.2 Å². The topological polar surface area (TPSA) is 29.5 Å². The van der Waals surface area contributed by atoms with Gasteiger partial charge >= 0.3 is 0 Å². The third-order valence-corrected chi connectivity index (χ3v) is 4.85. The molecule has 16 heavy (non-hydrogen) atoms. The van der Waals surface area contributed by atoms with Crippen molar-refractivity contribution in [2.24, 2.45) is 11.3 Å². The van der Waals surface area contributed by atoms with Crippen molar-refractivity contribution in [3.63, 3.8) is 0 Å². The maximum absolute atomic E-state index is 9.79. The average Bonchev–Trinajstić information content (AvgIpc) is 2.86. The molecule has 1 aromatic rings. The van der Waals surface area contributed by atoms with Crippen LogP contribution in [-0.4, -0.2) is 24.4 Å². The fourth-order valence-corrected chi connectivity index (χ4v) is 3.78. The summed E-state index contributed by atoms with van der Waals surface area (Å²) in [5.41, 5.74) is 0.00597. The Morgan fingerprint density at radius 1 is 1.50 bits per heavy atom. The minimum absolute atomic E-state index is 0.00597. The molecular weight excluding hydrogens is 220 g/mol. The zero-order valence-corrected chi connectivity index (χ0v) is 10.2. The summed E-state index contributed by atoms with van der Waals surface area (Å²) in [6.45, 7) is 1.10. The minimum atomic E-state index is 0.00597. The lowest BCUT2D eigenvalue weighted by Gasteiger charge is -2.32. The predicted octanol–water partition coefficient (Wildman–Crippen LogP) is 2.47. The minimum Gasteiger partial charge on any atom is -0.396 e. The summed E-state index contributed by atoms with van der Waals surface area (Å²) in [7, 11) is 0. The molecule has 1 saturated heterocycles. The van der Waals surface area contributed by atoms with Gasteiger partial charge < -0.3 is 9.84 Å². The Kier molecular flexibility index (Phi) is 2.78. The van der Waals surface area contributed by atoms with Gasteiger partial charge in [0.1, 0.15) is 0 Å². The van der Waals surface area contributed by atoms with Crippen molar-refractivity contribution >= 4 is 11.3 Å². The molecule has 1 N–H and O–H groups in total. The number of aliphatic hydroxyl groups excluding tert-OH is 1. The molecular formula is C13H18O2S. The molecule has 3 rings (SSSR count). The van der Waals surface area contributed by atoms with Crippen LogP contribution in [0.25, 0.3) is 0 Å². The fraction of sp³-hybridized carbons (Fsp3) is 0.692. The molecule has 0 amide bonds. The molecule has 2 fully saturated rings. The Bertz CT molecular complexity index is 345. The second-order valence-electron chi connectivity index (χ2n) is 5.16. The number of rotatable bonds is 4. The summed E-state index contributed by atoms with van der Waals surface area (Å²) in [6, 6.07) is 4.26. The molecule has 3 heteroatoms. The van der Waals surface area contributed by atoms with Crippen molar-refractivity contribution in [3.05, 3.63) is 22.4 Å². The zero-order chi connectivity index (χ0) is 11.0. The SMILES string of the molecule is OCC1(Cc2cccs2)CCOC1C1CC1. The van der Waals surface area contributed by atoms with Crippen LogP contribution in [0.2, 0.25) is 0 Å². The summed E-state index contributed by atoms with van der Waals surface area (Å²) in [4.78, 5) is 1.38. The largest absolute Gasteiger partial charge is 0.396 e. The Labute approximate surface area is 100 Å². The molecule has 1 aliphatic heterocycles. The van der Waals surface area contributed by atoms with E-state index in [0.717, 1.165) is 25.4 Å². The van der Waals surface area contributed by atoms with E-state index in [4.69, 9.17) is 4.74 Å². The summed E-state index contributed by atoms with van der Waals surface area (Å²) < 4.78 is 5.88. The first-order valence-corrected chi connectivity index (χ1v) is 6.97. The quantitative estimate of drug-likeness (QED) is 0.873. The van der Waals surface area contributed by atoms with Gasteiger partial charge in [-0.15, -0.1) is 11.3 Å². The van der Waals surface area contributed by atoms with Crippen LogP contribution in [0.3, 0.4) is 0 Å². The van der Waals surface area contributed by atoms with Crippen LogP contribution in [0.5, 0.6) is 0 Å². The summed E-state index contributed by atoms with van der Waals surface area (Å²) in [5, 5.41) is 11.9. The monoisotopic (exact) mass is 238 g/mol. The van der Waals surface area contributed by atoms with Gasteiger partial charge in [0.25, 0.3) is 0 Å². The highest BCUT2D eigenvalue weighted by Crippen LogP contribution is 2.49. The molecule has 0 spiro atoms. The molecule has 1 saturated carbocycles. The number of hydrogen-bond acceptors (Lipinski definition) is 3. The first-order chi connectivity index (χ1) is 7.84. The van der Waals surface area contributed by atoms with Gasteiger partial charge in [-0.1, -0.05) is 6.07 Å². The third kappa shape index (κ3) is 1.81. The molecule has 2 nitrogen and oxygen atoms in total. The second kappa shape index (κ2) is 4.13. The van der Waals surface area contributed by atoms with E-state index in [1.54, 1.807) is 11.3 Å². The van der Waals surface area contributed by atoms with E-state index < -0.39 is 0 Å². The maximum atomic E-state index is 9.79. The van der Waals surface area contributed by atoms with Crippen LogP contribution < -0.4 is 0 Å². The number of hydrogen-bond donors (Lipinski definition) is 1. The van der Waals surface area contributed by atoms with E-state index in [9.17, 15) is 5.11 Å². The van der Waals surface area contributed by atoms with Gasteiger partial charge in [-0.3, -0.25) is 0 Å². The zero-order valence-electron chi connectivity index (χ0n) is 9.39. The molecule has 2 heterocycles. The maximum Gasteiger partial charge on any atom is 0.0685 e. The molecule has 2 aliphatic rings. The fourth-order valence-electron chi connectivity index (χ4n) is 2.92. The molecule has 1 aliphatic carbocycles. The average molecular weight is 238 g/mol. The normalized spacial score (nSPS) is 34.4. The first-order valence-electron chi connectivity index (χ1n) is 6.09. The molecule has 0 bridgehead atoms. The van der Waals surface area contributed by atoms with E-state index in [0.29, 0.717) is 6.10 Å². The third-order valence-electron chi connectivity index (χ3n) is 3.97. The molecule has 2 atom stereocenters. The predicted molar refractivity (Wildman–Crippen MR) is 64.6 cm³/mol. The van der Waals surface area contributed by atoms with Crippen LogP contribution in [0.15, 0.2) is 17.5 Å². The summed E-state index contributed by atoms with van der Waals surface area (Å²) in [5.74, 6) is 0.717. The first kappa shape index (κ1) is 10.8. The van der Waals surface area contributed by atoms with E-state index in [1.807, 2.05) is 0 Å². The highest BCUT2D eigenvalue weighted by Gasteiger charge is 2.50. The highest BCUT2D eigenvalue weighted by molar-refractivity contribution is 7.09. The van der Waals surface area contributed by atoms with Crippen molar-refractivity contribution < 1.29 is 9.84 Å². The van der Waals surface area contributed by atoms with Crippen LogP contribution in [0.4, 0.5) is 0 Å². The van der Waals surface area contributed by atoms with Gasteiger partial charge in [0.05, 0.1) is 12.7 Å². The molecule has 0 aromatic carbocycles. The van der Waals surface area contributed by atoms with Gasteiger partial charge in [0, 0.05) is 16.9 Å². The van der Waals surface area contributed by atoms with E-state index in [-0.39, 0.29) is 12.0 Å². The summed E-state index contributed by atoms with van der Waals surface area (Å²) in [6.07, 6.45) is 4.89. The standard InChI is InChI=1S/C13H18O2S/c14-9-13(8-11-2-1-7-16-11)5-6-15-12(13)10-3-4-10/h1-2,7,10,12,14H,3-6,8-9H2. The molecule has 88 valence electrons. The molecule has 0 radical (unpaired) electrons. The lowest BCUT2D eigenvalue weighted by molar-refractivity contribution is 0.000996. The number of thiophene rings is 1. The van der Waals surface area contributed by atoms with E-state index in [1.165, 1.54) is 17.7 Å². The van der Waals surface area contributed by atoms with Crippen molar-refractivity contribution in [2.45, 2.75) is 31.8 Å². The Balaban J connectivity index is 1.80. The van der Waals surface area contributed by atoms with Crippen LogP contribution in [0, 0.1) is 11.3 Å². The van der Waals surface area contributed by atoms with Gasteiger partial charge in [-0.2, -0.15) is 0 Å². The summed E-state index contributed by atoms with van der Waals surface area (Å²) >= 11 is 1.79. The second-order valence-corrected chi connectivity index (χ2v) is 6.19. The van der Waals surface area contributed by atoms with E-state index >= 15 is 0 Å². The van der Waals surface area contributed by atoms with Crippen molar-refractivity contribution in [3.8, 4) is 0 Å². The lowest BCUT2D eigenvalue weighted by Crippen LogP contribution is -2.38. The smallest absolute Gasteiger partial charge is 0.0685 e. The van der Waals surface area contributed by atoms with Gasteiger partial charge in [0.15, 0.2) is 0 Å².